The quantitative estimate of drug-likeness (QED) is 0.493. The summed E-state index contributed by atoms with van der Waals surface area (Å²) in [5, 5.41) is 0. The van der Waals surface area contributed by atoms with E-state index < -0.39 is 11.7 Å². The van der Waals surface area contributed by atoms with E-state index in [4.69, 9.17) is 12.2 Å². The van der Waals surface area contributed by atoms with Crippen molar-refractivity contribution < 1.29 is 13.2 Å². The Balaban J connectivity index is 2.16. The second kappa shape index (κ2) is 5.66. The molecule has 0 N–H and O–H groups in total. The van der Waals surface area contributed by atoms with Crippen molar-refractivity contribution in [3.8, 4) is 0 Å². The van der Waals surface area contributed by atoms with Crippen molar-refractivity contribution in [3.05, 3.63) is 47.1 Å². The van der Waals surface area contributed by atoms with Crippen molar-refractivity contribution in [1.29, 1.82) is 0 Å². The summed E-state index contributed by atoms with van der Waals surface area (Å²) in [4.78, 5) is 1.26. The number of rotatable bonds is 1. The molecule has 0 radical (unpaired) electrons. The van der Waals surface area contributed by atoms with Gasteiger partial charge in [0.1, 0.15) is 0 Å². The van der Waals surface area contributed by atoms with E-state index in [9.17, 15) is 13.2 Å². The fourth-order valence-corrected chi connectivity index (χ4v) is 3.76. The first-order valence-electron chi connectivity index (χ1n) is 6.80. The van der Waals surface area contributed by atoms with Crippen molar-refractivity contribution >= 4 is 40.8 Å². The Morgan fingerprint density at radius 2 is 2.09 bits per heavy atom. The summed E-state index contributed by atoms with van der Waals surface area (Å²) in [5.41, 5.74) is 1.77. The van der Waals surface area contributed by atoms with Crippen molar-refractivity contribution in [2.45, 2.75) is 24.4 Å². The van der Waals surface area contributed by atoms with E-state index in [1.807, 2.05) is 19.1 Å². The molecule has 0 aromatic heterocycles. The zero-order valence-electron chi connectivity index (χ0n) is 11.6. The predicted molar refractivity (Wildman–Crippen MR) is 88.2 cm³/mol. The maximum Gasteiger partial charge on any atom is 0.416 e. The molecule has 2 aliphatic rings. The summed E-state index contributed by atoms with van der Waals surface area (Å²) in [5.74, 6) is 0.139. The smallest absolute Gasteiger partial charge is 0.219 e. The molecule has 1 aliphatic heterocycles. The van der Waals surface area contributed by atoms with Crippen LogP contribution >= 0.6 is 24.2 Å². The third-order valence-electron chi connectivity index (χ3n) is 3.74. The zero-order chi connectivity index (χ0) is 15.9. The molecule has 0 amide bonds. The molecule has 1 aromatic rings. The van der Waals surface area contributed by atoms with E-state index in [0.717, 1.165) is 52.1 Å². The van der Waals surface area contributed by atoms with Gasteiger partial charge < -0.3 is 0 Å². The van der Waals surface area contributed by atoms with Gasteiger partial charge in [0.25, 0.3) is 0 Å². The molecule has 22 heavy (non-hydrogen) atoms. The van der Waals surface area contributed by atoms with Crippen LogP contribution in [-0.2, 0) is 6.18 Å². The predicted octanol–water partition coefficient (Wildman–Crippen LogP) is 5.52. The number of hydrogen-bond acceptors (Lipinski definition) is 3. The highest BCUT2D eigenvalue weighted by atomic mass is 32.2. The molecule has 1 aliphatic carbocycles. The number of alkyl halides is 3. The summed E-state index contributed by atoms with van der Waals surface area (Å²) in [6, 6.07) is 3.76. The third kappa shape index (κ3) is 2.65. The lowest BCUT2D eigenvalue weighted by Gasteiger charge is -2.22. The van der Waals surface area contributed by atoms with E-state index in [0.29, 0.717) is 4.90 Å². The Hall–Kier alpha value is -1.40. The molecular formula is C16H12F3NS2. The van der Waals surface area contributed by atoms with Gasteiger partial charge >= 0.3 is 6.18 Å². The average molecular weight is 339 g/mol. The Labute approximate surface area is 136 Å². The Morgan fingerprint density at radius 1 is 1.32 bits per heavy atom. The fourth-order valence-electron chi connectivity index (χ4n) is 2.56. The van der Waals surface area contributed by atoms with Gasteiger partial charge in [-0.15, -0.1) is 0 Å². The second-order valence-electron chi connectivity index (χ2n) is 5.10. The number of hydrogen-bond donors (Lipinski definition) is 0. The van der Waals surface area contributed by atoms with Crippen LogP contribution in [0.15, 0.2) is 45.2 Å². The van der Waals surface area contributed by atoms with Crippen LogP contribution < -0.4 is 0 Å². The van der Waals surface area contributed by atoms with Gasteiger partial charge in [-0.05, 0) is 24.1 Å². The summed E-state index contributed by atoms with van der Waals surface area (Å²) >= 11 is 6.62. The Morgan fingerprint density at radius 3 is 2.77 bits per heavy atom. The van der Waals surface area contributed by atoms with E-state index in [1.54, 1.807) is 6.21 Å². The summed E-state index contributed by atoms with van der Waals surface area (Å²) in [6.45, 7) is 2.04. The lowest BCUT2D eigenvalue weighted by molar-refractivity contribution is -0.137. The summed E-state index contributed by atoms with van der Waals surface area (Å²) < 4.78 is 42.8. The molecule has 1 unspecified atom stereocenters. The molecular weight excluding hydrogens is 327 g/mol. The average Bonchev–Trinajstić information content (AvgIpc) is 2.65. The van der Waals surface area contributed by atoms with Crippen molar-refractivity contribution in [2.24, 2.45) is 10.3 Å². The summed E-state index contributed by atoms with van der Waals surface area (Å²) in [6.07, 6.45) is 2.17. The van der Waals surface area contributed by atoms with Crippen LogP contribution in [0.2, 0.25) is 0 Å². The minimum atomic E-state index is -4.36. The van der Waals surface area contributed by atoms with Gasteiger partial charge in [0.05, 0.1) is 5.56 Å². The number of fused-ring (bicyclic) bond motifs is 2. The monoisotopic (exact) mass is 339 g/mol. The molecule has 1 aromatic carbocycles. The van der Waals surface area contributed by atoms with Gasteiger partial charge in [-0.1, -0.05) is 37.4 Å². The van der Waals surface area contributed by atoms with Gasteiger partial charge in [0, 0.05) is 45.0 Å². The fraction of sp³-hybridized carbons (Fsp3) is 0.250. The minimum absolute atomic E-state index is 0.139. The highest BCUT2D eigenvalue weighted by Crippen LogP contribution is 2.41. The maximum atomic E-state index is 12.9. The highest BCUT2D eigenvalue weighted by molar-refractivity contribution is 7.98. The van der Waals surface area contributed by atoms with E-state index >= 15 is 0 Å². The van der Waals surface area contributed by atoms with Crippen LogP contribution in [0.4, 0.5) is 13.2 Å². The SMILES string of the molecule is CCC1C=CC2=C(C1=S)c1ccc(C(F)(F)F)cc1SN=C2. The van der Waals surface area contributed by atoms with Gasteiger partial charge in [0.2, 0.25) is 0 Å². The van der Waals surface area contributed by atoms with Crippen LogP contribution in [0.5, 0.6) is 0 Å². The van der Waals surface area contributed by atoms with Crippen LogP contribution in [0.3, 0.4) is 0 Å². The van der Waals surface area contributed by atoms with E-state index in [2.05, 4.69) is 4.40 Å². The molecule has 114 valence electrons. The standard InChI is InChI=1S/C16H12F3NS2/c1-2-9-3-4-10-8-20-22-13-7-11(16(17,18)19)5-6-12(13)14(10)15(9)21/h3-9H,2H2,1H3. The molecule has 1 atom stereocenters. The van der Waals surface area contributed by atoms with Crippen molar-refractivity contribution in [2.75, 3.05) is 0 Å². The van der Waals surface area contributed by atoms with Crippen LogP contribution in [0.25, 0.3) is 5.57 Å². The number of benzene rings is 1. The van der Waals surface area contributed by atoms with E-state index in [-0.39, 0.29) is 5.92 Å². The Bertz CT molecular complexity index is 729. The molecule has 3 rings (SSSR count). The number of halogens is 3. The molecule has 6 heteroatoms. The first kappa shape index (κ1) is 15.5. The molecule has 1 heterocycles. The molecule has 1 nitrogen and oxygen atoms in total. The third-order valence-corrected chi connectivity index (χ3v) is 4.99. The Kier molecular flexibility index (Phi) is 3.99. The van der Waals surface area contributed by atoms with Gasteiger partial charge in [0.15, 0.2) is 0 Å². The second-order valence-corrected chi connectivity index (χ2v) is 6.38. The molecule has 0 fully saturated rings. The normalized spacial score (nSPS) is 20.7. The maximum absolute atomic E-state index is 12.9. The molecule has 0 spiro atoms. The van der Waals surface area contributed by atoms with Gasteiger partial charge in [-0.25, -0.2) is 4.40 Å². The topological polar surface area (TPSA) is 12.4 Å². The molecule has 0 bridgehead atoms. The molecule has 0 saturated heterocycles. The van der Waals surface area contributed by atoms with Gasteiger partial charge in [-0.2, -0.15) is 13.2 Å². The van der Waals surface area contributed by atoms with Crippen LogP contribution in [0, 0.1) is 5.92 Å². The zero-order valence-corrected chi connectivity index (χ0v) is 13.3. The van der Waals surface area contributed by atoms with E-state index in [1.165, 1.54) is 6.07 Å². The van der Waals surface area contributed by atoms with Gasteiger partial charge in [-0.3, -0.25) is 0 Å². The molecule has 0 saturated carbocycles. The number of thiocarbonyl (C=S) groups is 1. The minimum Gasteiger partial charge on any atom is -0.219 e. The van der Waals surface area contributed by atoms with Crippen LogP contribution in [0.1, 0.15) is 24.5 Å². The van der Waals surface area contributed by atoms with Crippen molar-refractivity contribution in [3.63, 3.8) is 0 Å². The summed E-state index contributed by atoms with van der Waals surface area (Å²) in [7, 11) is 0. The first-order valence-corrected chi connectivity index (χ1v) is 7.98. The largest absolute Gasteiger partial charge is 0.416 e. The first-order chi connectivity index (χ1) is 10.4. The lowest BCUT2D eigenvalue weighted by atomic mass is 9.84. The number of nitrogens with zero attached hydrogens (tertiary/aromatic N) is 1. The van der Waals surface area contributed by atoms with Crippen molar-refractivity contribution in [1.82, 2.24) is 0 Å². The van der Waals surface area contributed by atoms with Crippen LogP contribution in [-0.4, -0.2) is 11.1 Å². The lowest BCUT2D eigenvalue weighted by Crippen LogP contribution is -2.17. The number of allylic oxidation sites excluding steroid dienone is 4. The highest BCUT2D eigenvalue weighted by Gasteiger charge is 2.32.